The van der Waals surface area contributed by atoms with Gasteiger partial charge < -0.3 is 5.11 Å². The van der Waals surface area contributed by atoms with Crippen LogP contribution in [0.5, 0.6) is 5.75 Å². The number of rotatable bonds is 1. The first-order valence-electron chi connectivity index (χ1n) is 5.97. The SMILES string of the molecule is Oc1cccc2c1C/C(=C/c1ccc(F)cc1)C2. The molecule has 3 rings (SSSR count). The third kappa shape index (κ3) is 2.02. The fraction of sp³-hybridized carbons (Fsp3) is 0.125. The lowest BCUT2D eigenvalue weighted by Crippen LogP contribution is -1.82. The molecule has 0 unspecified atom stereocenters. The highest BCUT2D eigenvalue weighted by Crippen LogP contribution is 2.33. The van der Waals surface area contributed by atoms with Gasteiger partial charge in [0.1, 0.15) is 11.6 Å². The maximum Gasteiger partial charge on any atom is 0.123 e. The normalized spacial score (nSPS) is 15.9. The summed E-state index contributed by atoms with van der Waals surface area (Å²) in [5, 5.41) is 9.77. The summed E-state index contributed by atoms with van der Waals surface area (Å²) in [5.41, 5.74) is 4.45. The van der Waals surface area contributed by atoms with Crippen LogP contribution in [0.1, 0.15) is 16.7 Å². The van der Waals surface area contributed by atoms with E-state index in [1.165, 1.54) is 23.3 Å². The largest absolute Gasteiger partial charge is 0.508 e. The maximum atomic E-state index is 12.8. The number of phenolic OH excluding ortho intramolecular Hbond substituents is 1. The standard InChI is InChI=1S/C16H13FO/c17-14-6-4-11(5-7-14)8-12-9-13-2-1-3-16(18)15(13)10-12/h1-8,18H,9-10H2/b12-8+. The molecule has 0 spiro atoms. The number of phenols is 1. The number of allylic oxidation sites excluding steroid dienone is 1. The van der Waals surface area contributed by atoms with Crippen molar-refractivity contribution in [2.45, 2.75) is 12.8 Å². The highest BCUT2D eigenvalue weighted by Gasteiger charge is 2.17. The Hall–Kier alpha value is -2.09. The fourth-order valence-electron chi connectivity index (χ4n) is 2.42. The van der Waals surface area contributed by atoms with Crippen LogP contribution in [0.25, 0.3) is 6.08 Å². The minimum atomic E-state index is -0.218. The summed E-state index contributed by atoms with van der Waals surface area (Å²) < 4.78 is 12.8. The van der Waals surface area contributed by atoms with E-state index in [0.717, 1.165) is 24.0 Å². The van der Waals surface area contributed by atoms with Crippen LogP contribution in [0, 0.1) is 5.82 Å². The third-order valence-electron chi connectivity index (χ3n) is 3.31. The summed E-state index contributed by atoms with van der Waals surface area (Å²) in [6.45, 7) is 0. The predicted octanol–water partition coefficient (Wildman–Crippen LogP) is 3.71. The molecule has 0 aliphatic heterocycles. The van der Waals surface area contributed by atoms with E-state index in [4.69, 9.17) is 0 Å². The molecule has 0 atom stereocenters. The molecular weight excluding hydrogens is 227 g/mol. The molecule has 18 heavy (non-hydrogen) atoms. The molecule has 90 valence electrons. The van der Waals surface area contributed by atoms with Crippen LogP contribution in [0.3, 0.4) is 0 Å². The molecule has 0 amide bonds. The Kier molecular flexibility index (Phi) is 2.63. The van der Waals surface area contributed by atoms with E-state index in [0.29, 0.717) is 5.75 Å². The summed E-state index contributed by atoms with van der Waals surface area (Å²) in [6.07, 6.45) is 3.71. The Balaban J connectivity index is 1.89. The van der Waals surface area contributed by atoms with Gasteiger partial charge in [-0.2, -0.15) is 0 Å². The van der Waals surface area contributed by atoms with E-state index in [1.54, 1.807) is 18.2 Å². The van der Waals surface area contributed by atoms with Crippen LogP contribution < -0.4 is 0 Å². The third-order valence-corrected chi connectivity index (χ3v) is 3.31. The van der Waals surface area contributed by atoms with E-state index in [1.807, 2.05) is 12.1 Å². The van der Waals surface area contributed by atoms with Crippen molar-refractivity contribution in [2.75, 3.05) is 0 Å². The van der Waals surface area contributed by atoms with Gasteiger partial charge in [0.05, 0.1) is 0 Å². The second kappa shape index (κ2) is 4.30. The summed E-state index contributed by atoms with van der Waals surface area (Å²) in [6, 6.07) is 12.1. The van der Waals surface area contributed by atoms with Crippen LogP contribution in [0.2, 0.25) is 0 Å². The Bertz CT molecular complexity index is 611. The van der Waals surface area contributed by atoms with Crippen molar-refractivity contribution < 1.29 is 9.50 Å². The van der Waals surface area contributed by atoms with Gasteiger partial charge in [0.15, 0.2) is 0 Å². The first-order chi connectivity index (χ1) is 8.72. The Labute approximate surface area is 105 Å². The topological polar surface area (TPSA) is 20.2 Å². The number of halogens is 1. The second-order valence-corrected chi connectivity index (χ2v) is 4.62. The number of hydrogen-bond donors (Lipinski definition) is 1. The molecular formula is C16H13FO. The van der Waals surface area contributed by atoms with Crippen LogP contribution >= 0.6 is 0 Å². The minimum absolute atomic E-state index is 0.218. The van der Waals surface area contributed by atoms with Crippen molar-refractivity contribution in [2.24, 2.45) is 0 Å². The second-order valence-electron chi connectivity index (χ2n) is 4.62. The molecule has 2 heteroatoms. The molecule has 2 aromatic carbocycles. The van der Waals surface area contributed by atoms with Crippen molar-refractivity contribution in [3.05, 3.63) is 70.5 Å². The smallest absolute Gasteiger partial charge is 0.123 e. The van der Waals surface area contributed by atoms with E-state index < -0.39 is 0 Å². The zero-order valence-electron chi connectivity index (χ0n) is 9.86. The van der Waals surface area contributed by atoms with Crippen molar-refractivity contribution in [1.29, 1.82) is 0 Å². The lowest BCUT2D eigenvalue weighted by Gasteiger charge is -1.99. The van der Waals surface area contributed by atoms with Crippen LogP contribution in [0.4, 0.5) is 4.39 Å². The predicted molar refractivity (Wildman–Crippen MR) is 69.9 cm³/mol. The van der Waals surface area contributed by atoms with Crippen LogP contribution in [0.15, 0.2) is 48.0 Å². The van der Waals surface area contributed by atoms with Crippen molar-refractivity contribution in [1.82, 2.24) is 0 Å². The van der Waals surface area contributed by atoms with Gasteiger partial charge in [0, 0.05) is 5.56 Å². The summed E-state index contributed by atoms with van der Waals surface area (Å²) in [7, 11) is 0. The van der Waals surface area contributed by atoms with Gasteiger partial charge in [-0.25, -0.2) is 4.39 Å². The van der Waals surface area contributed by atoms with Gasteiger partial charge in [-0.05, 0) is 42.2 Å². The first kappa shape index (κ1) is 11.0. The van der Waals surface area contributed by atoms with Gasteiger partial charge in [-0.15, -0.1) is 0 Å². The number of aromatic hydroxyl groups is 1. The van der Waals surface area contributed by atoms with E-state index in [-0.39, 0.29) is 5.82 Å². The molecule has 1 aliphatic rings. The summed E-state index contributed by atoms with van der Waals surface area (Å²) in [4.78, 5) is 0. The monoisotopic (exact) mass is 240 g/mol. The Morgan fingerprint density at radius 2 is 1.78 bits per heavy atom. The van der Waals surface area contributed by atoms with Crippen LogP contribution in [-0.2, 0) is 12.8 Å². The molecule has 1 aliphatic carbocycles. The molecule has 0 heterocycles. The quantitative estimate of drug-likeness (QED) is 0.805. The first-order valence-corrected chi connectivity index (χ1v) is 5.97. The van der Waals surface area contributed by atoms with E-state index in [2.05, 4.69) is 6.08 Å². The molecule has 1 nitrogen and oxygen atoms in total. The maximum absolute atomic E-state index is 12.8. The summed E-state index contributed by atoms with van der Waals surface area (Å²) >= 11 is 0. The average molecular weight is 240 g/mol. The fourth-order valence-corrected chi connectivity index (χ4v) is 2.42. The lowest BCUT2D eigenvalue weighted by atomic mass is 10.1. The van der Waals surface area contributed by atoms with Crippen molar-refractivity contribution >= 4 is 6.08 Å². The molecule has 0 saturated heterocycles. The number of fused-ring (bicyclic) bond motifs is 1. The Morgan fingerprint density at radius 1 is 1.00 bits per heavy atom. The molecule has 0 aromatic heterocycles. The van der Waals surface area contributed by atoms with Crippen molar-refractivity contribution in [3.63, 3.8) is 0 Å². The molecule has 0 saturated carbocycles. The highest BCUT2D eigenvalue weighted by molar-refractivity contribution is 5.59. The molecule has 1 N–H and O–H groups in total. The number of hydrogen-bond acceptors (Lipinski definition) is 1. The van der Waals surface area contributed by atoms with Crippen LogP contribution in [-0.4, -0.2) is 5.11 Å². The van der Waals surface area contributed by atoms with Gasteiger partial charge >= 0.3 is 0 Å². The van der Waals surface area contributed by atoms with Gasteiger partial charge in [0.25, 0.3) is 0 Å². The van der Waals surface area contributed by atoms with E-state index in [9.17, 15) is 9.50 Å². The zero-order valence-corrected chi connectivity index (χ0v) is 9.86. The van der Waals surface area contributed by atoms with Gasteiger partial charge in [0.2, 0.25) is 0 Å². The van der Waals surface area contributed by atoms with Crippen molar-refractivity contribution in [3.8, 4) is 5.75 Å². The molecule has 2 aromatic rings. The highest BCUT2D eigenvalue weighted by atomic mass is 19.1. The lowest BCUT2D eigenvalue weighted by molar-refractivity contribution is 0.470. The molecule has 0 radical (unpaired) electrons. The van der Waals surface area contributed by atoms with E-state index >= 15 is 0 Å². The molecule has 0 bridgehead atoms. The Morgan fingerprint density at radius 3 is 2.50 bits per heavy atom. The average Bonchev–Trinajstić information content (AvgIpc) is 2.76. The number of benzene rings is 2. The summed E-state index contributed by atoms with van der Waals surface area (Å²) in [5.74, 6) is 0.152. The minimum Gasteiger partial charge on any atom is -0.508 e. The van der Waals surface area contributed by atoms with Gasteiger partial charge in [-0.3, -0.25) is 0 Å². The van der Waals surface area contributed by atoms with Gasteiger partial charge in [-0.1, -0.05) is 35.9 Å². The zero-order chi connectivity index (χ0) is 12.5. The molecule has 0 fully saturated rings.